The molecule has 0 radical (unpaired) electrons. The molecule has 0 N–H and O–H groups in total. The summed E-state index contributed by atoms with van der Waals surface area (Å²) in [5.74, 6) is 0.988. The Balaban J connectivity index is 1.69. The molecule has 0 aliphatic heterocycles. The minimum absolute atomic E-state index is 0.0983. The topological polar surface area (TPSA) is 51.7 Å². The SMILES string of the molecule is COc1cc(C(=O)N(C)Cc2ccc(Cl)s2)ccc1OCc1cscn1. The summed E-state index contributed by atoms with van der Waals surface area (Å²) in [6, 6.07) is 8.92. The van der Waals surface area contributed by atoms with Crippen molar-refractivity contribution in [3.63, 3.8) is 0 Å². The predicted molar refractivity (Wildman–Crippen MR) is 105 cm³/mol. The van der Waals surface area contributed by atoms with E-state index in [9.17, 15) is 4.79 Å². The normalized spacial score (nSPS) is 10.6. The molecule has 0 spiro atoms. The number of thiazole rings is 1. The molecular weight excluding hydrogens is 392 g/mol. The van der Waals surface area contributed by atoms with E-state index in [1.807, 2.05) is 17.5 Å². The van der Waals surface area contributed by atoms with Crippen molar-refractivity contribution in [3.05, 3.63) is 61.7 Å². The molecule has 0 fully saturated rings. The van der Waals surface area contributed by atoms with Gasteiger partial charge in [0, 0.05) is 22.9 Å². The number of benzene rings is 1. The molecule has 0 unspecified atom stereocenters. The van der Waals surface area contributed by atoms with E-state index < -0.39 is 0 Å². The van der Waals surface area contributed by atoms with Gasteiger partial charge < -0.3 is 14.4 Å². The van der Waals surface area contributed by atoms with E-state index in [0.29, 0.717) is 34.6 Å². The molecule has 0 saturated carbocycles. The Labute approximate surface area is 164 Å². The maximum atomic E-state index is 12.7. The highest BCUT2D eigenvalue weighted by Gasteiger charge is 2.16. The lowest BCUT2D eigenvalue weighted by Crippen LogP contribution is -2.25. The fourth-order valence-electron chi connectivity index (χ4n) is 2.34. The van der Waals surface area contributed by atoms with Crippen LogP contribution in [0.1, 0.15) is 20.9 Å². The van der Waals surface area contributed by atoms with Crippen LogP contribution >= 0.6 is 34.3 Å². The summed E-state index contributed by atoms with van der Waals surface area (Å²) in [6.07, 6.45) is 0. The number of aromatic nitrogens is 1. The van der Waals surface area contributed by atoms with Gasteiger partial charge in [0.15, 0.2) is 11.5 Å². The molecule has 0 bridgehead atoms. The second-order valence-corrected chi connectivity index (χ2v) is 8.02. The van der Waals surface area contributed by atoms with Crippen LogP contribution in [-0.4, -0.2) is 29.9 Å². The molecule has 0 aliphatic carbocycles. The second kappa shape index (κ2) is 8.53. The van der Waals surface area contributed by atoms with E-state index in [-0.39, 0.29) is 5.91 Å². The van der Waals surface area contributed by atoms with Gasteiger partial charge in [0.25, 0.3) is 5.91 Å². The smallest absolute Gasteiger partial charge is 0.254 e. The van der Waals surface area contributed by atoms with Gasteiger partial charge in [0.2, 0.25) is 0 Å². The Bertz CT molecular complexity index is 880. The summed E-state index contributed by atoms with van der Waals surface area (Å²) >= 11 is 8.93. The largest absolute Gasteiger partial charge is 0.493 e. The lowest BCUT2D eigenvalue weighted by Gasteiger charge is -2.17. The van der Waals surface area contributed by atoms with Gasteiger partial charge in [0.1, 0.15) is 6.61 Å². The van der Waals surface area contributed by atoms with Crippen molar-refractivity contribution < 1.29 is 14.3 Å². The Kier molecular flexibility index (Phi) is 6.13. The van der Waals surface area contributed by atoms with Crippen molar-refractivity contribution in [2.24, 2.45) is 0 Å². The van der Waals surface area contributed by atoms with E-state index in [2.05, 4.69) is 4.98 Å². The number of hydrogen-bond acceptors (Lipinski definition) is 6. The number of nitrogens with zero attached hydrogens (tertiary/aromatic N) is 2. The summed E-state index contributed by atoms with van der Waals surface area (Å²) in [6.45, 7) is 0.854. The highest BCUT2D eigenvalue weighted by molar-refractivity contribution is 7.16. The first-order valence-corrected chi connectivity index (χ1v) is 9.88. The summed E-state index contributed by atoms with van der Waals surface area (Å²) in [7, 11) is 3.31. The molecule has 1 amide bonds. The first kappa shape index (κ1) is 18.7. The maximum Gasteiger partial charge on any atom is 0.254 e. The number of methoxy groups -OCH3 is 1. The molecular formula is C18H17ClN2O3S2. The second-order valence-electron chi connectivity index (χ2n) is 5.50. The zero-order valence-corrected chi connectivity index (χ0v) is 16.7. The molecule has 3 rings (SSSR count). The van der Waals surface area contributed by atoms with Crippen LogP contribution in [0.25, 0.3) is 0 Å². The fraction of sp³-hybridized carbons (Fsp3) is 0.222. The highest BCUT2D eigenvalue weighted by Crippen LogP contribution is 2.30. The van der Waals surface area contributed by atoms with Gasteiger partial charge in [-0.1, -0.05) is 11.6 Å². The van der Waals surface area contributed by atoms with Gasteiger partial charge in [-0.05, 0) is 30.3 Å². The molecule has 0 saturated heterocycles. The Morgan fingerprint density at radius 3 is 2.77 bits per heavy atom. The molecule has 0 aliphatic rings. The fourth-order valence-corrected chi connectivity index (χ4v) is 4.03. The lowest BCUT2D eigenvalue weighted by atomic mass is 10.1. The van der Waals surface area contributed by atoms with Crippen LogP contribution in [0.2, 0.25) is 4.34 Å². The Morgan fingerprint density at radius 1 is 1.27 bits per heavy atom. The third-order valence-electron chi connectivity index (χ3n) is 3.64. The quantitative estimate of drug-likeness (QED) is 0.567. The third kappa shape index (κ3) is 4.55. The lowest BCUT2D eigenvalue weighted by molar-refractivity contribution is 0.0786. The first-order valence-electron chi connectivity index (χ1n) is 7.74. The maximum absolute atomic E-state index is 12.7. The molecule has 0 atom stereocenters. The Morgan fingerprint density at radius 2 is 2.12 bits per heavy atom. The van der Waals surface area contributed by atoms with E-state index in [0.717, 1.165) is 10.6 Å². The average molecular weight is 409 g/mol. The average Bonchev–Trinajstić information content (AvgIpc) is 3.30. The molecule has 136 valence electrons. The van der Waals surface area contributed by atoms with Crippen LogP contribution < -0.4 is 9.47 Å². The number of carbonyl (C=O) groups is 1. The van der Waals surface area contributed by atoms with Crippen molar-refractivity contribution in [1.82, 2.24) is 9.88 Å². The zero-order chi connectivity index (χ0) is 18.5. The van der Waals surface area contributed by atoms with Crippen molar-refractivity contribution >= 4 is 40.2 Å². The zero-order valence-electron chi connectivity index (χ0n) is 14.3. The number of amides is 1. The van der Waals surface area contributed by atoms with E-state index in [1.165, 1.54) is 22.7 Å². The van der Waals surface area contributed by atoms with Crippen LogP contribution in [0, 0.1) is 0 Å². The number of thiophene rings is 1. The van der Waals surface area contributed by atoms with Gasteiger partial charge in [-0.3, -0.25) is 4.79 Å². The molecule has 1 aromatic carbocycles. The molecule has 5 nitrogen and oxygen atoms in total. The predicted octanol–water partition coefficient (Wildman–Crippen LogP) is 4.72. The van der Waals surface area contributed by atoms with Crippen LogP contribution in [0.3, 0.4) is 0 Å². The minimum Gasteiger partial charge on any atom is -0.493 e. The molecule has 2 aromatic heterocycles. The number of halogens is 1. The standard InChI is InChI=1S/C18H17ClN2O3S2/c1-21(8-14-4-6-17(19)26-14)18(22)12-3-5-15(16(7-12)23-2)24-9-13-10-25-11-20-13/h3-7,10-11H,8-9H2,1-2H3. The van der Waals surface area contributed by atoms with Crippen LogP contribution in [0.4, 0.5) is 0 Å². The van der Waals surface area contributed by atoms with Crippen molar-refractivity contribution in [3.8, 4) is 11.5 Å². The first-order chi connectivity index (χ1) is 12.6. The Hall–Kier alpha value is -2.09. The van der Waals surface area contributed by atoms with Gasteiger partial charge in [-0.2, -0.15) is 0 Å². The van der Waals surface area contributed by atoms with E-state index in [4.69, 9.17) is 21.1 Å². The summed E-state index contributed by atoms with van der Waals surface area (Å²) in [5.41, 5.74) is 3.15. The van der Waals surface area contributed by atoms with E-state index >= 15 is 0 Å². The molecule has 3 aromatic rings. The summed E-state index contributed by atoms with van der Waals surface area (Å²) in [5, 5.41) is 1.93. The summed E-state index contributed by atoms with van der Waals surface area (Å²) in [4.78, 5) is 19.5. The monoisotopic (exact) mass is 408 g/mol. The molecule has 26 heavy (non-hydrogen) atoms. The van der Waals surface area contributed by atoms with Crippen molar-refractivity contribution in [2.75, 3.05) is 14.2 Å². The van der Waals surface area contributed by atoms with Crippen LogP contribution in [0.15, 0.2) is 41.2 Å². The minimum atomic E-state index is -0.0983. The highest BCUT2D eigenvalue weighted by atomic mass is 35.5. The van der Waals surface area contributed by atoms with Crippen LogP contribution in [-0.2, 0) is 13.2 Å². The van der Waals surface area contributed by atoms with Crippen molar-refractivity contribution in [1.29, 1.82) is 0 Å². The number of hydrogen-bond donors (Lipinski definition) is 0. The number of rotatable bonds is 7. The number of ether oxygens (including phenoxy) is 2. The summed E-state index contributed by atoms with van der Waals surface area (Å²) < 4.78 is 11.8. The number of carbonyl (C=O) groups excluding carboxylic acids is 1. The van der Waals surface area contributed by atoms with Crippen LogP contribution in [0.5, 0.6) is 11.5 Å². The van der Waals surface area contributed by atoms with Gasteiger partial charge >= 0.3 is 0 Å². The van der Waals surface area contributed by atoms with Gasteiger partial charge in [-0.15, -0.1) is 22.7 Å². The van der Waals surface area contributed by atoms with Crippen molar-refractivity contribution in [2.45, 2.75) is 13.2 Å². The molecule has 2 heterocycles. The third-order valence-corrected chi connectivity index (χ3v) is 5.49. The molecule has 8 heteroatoms. The van der Waals surface area contributed by atoms with Gasteiger partial charge in [0.05, 0.1) is 29.2 Å². The van der Waals surface area contributed by atoms with Gasteiger partial charge in [-0.25, -0.2) is 4.98 Å². The van der Waals surface area contributed by atoms with E-state index in [1.54, 1.807) is 42.8 Å².